The van der Waals surface area contributed by atoms with E-state index in [0.29, 0.717) is 5.92 Å². The highest BCUT2D eigenvalue weighted by atomic mass is 16.5. The smallest absolute Gasteiger partial charge is 0.0469 e. The van der Waals surface area contributed by atoms with Crippen molar-refractivity contribution in [1.82, 2.24) is 0 Å². The van der Waals surface area contributed by atoms with E-state index < -0.39 is 0 Å². The van der Waals surface area contributed by atoms with E-state index in [-0.39, 0.29) is 6.04 Å². The van der Waals surface area contributed by atoms with E-state index >= 15 is 0 Å². The van der Waals surface area contributed by atoms with E-state index in [1.165, 1.54) is 22.3 Å². The van der Waals surface area contributed by atoms with E-state index in [4.69, 9.17) is 10.5 Å². The van der Waals surface area contributed by atoms with Crippen LogP contribution in [-0.4, -0.2) is 19.3 Å². The van der Waals surface area contributed by atoms with Crippen molar-refractivity contribution in [1.29, 1.82) is 0 Å². The molecule has 2 N–H and O–H groups in total. The molecule has 1 heterocycles. The van der Waals surface area contributed by atoms with Gasteiger partial charge in [-0.15, -0.1) is 0 Å². The van der Waals surface area contributed by atoms with Crippen molar-refractivity contribution in [3.63, 3.8) is 0 Å². The van der Waals surface area contributed by atoms with E-state index in [1.54, 1.807) is 0 Å². The minimum absolute atomic E-state index is 0.272. The van der Waals surface area contributed by atoms with Gasteiger partial charge in [0.05, 0.1) is 0 Å². The molecular formula is C16H25NO. The molecule has 2 heteroatoms. The molecule has 0 aliphatic carbocycles. The summed E-state index contributed by atoms with van der Waals surface area (Å²) in [5, 5.41) is 0. The summed E-state index contributed by atoms with van der Waals surface area (Å²) in [6.07, 6.45) is 3.23. The zero-order valence-electron chi connectivity index (χ0n) is 11.8. The lowest BCUT2D eigenvalue weighted by Gasteiger charge is -2.28. The second kappa shape index (κ2) is 5.85. The summed E-state index contributed by atoms with van der Waals surface area (Å²) in [4.78, 5) is 0. The molecule has 1 aliphatic rings. The van der Waals surface area contributed by atoms with Gasteiger partial charge in [0.2, 0.25) is 0 Å². The topological polar surface area (TPSA) is 35.2 Å². The standard InChI is InChI=1S/C16H25NO/c1-11-8-12(2)15(13(3)9-11)10-16(17)14-4-6-18-7-5-14/h8-9,14,16H,4-7,10,17H2,1-3H3. The molecule has 1 saturated heterocycles. The molecule has 0 aromatic heterocycles. The van der Waals surface area contributed by atoms with Gasteiger partial charge in [0.1, 0.15) is 0 Å². The third-order valence-electron chi connectivity index (χ3n) is 4.15. The first-order valence-electron chi connectivity index (χ1n) is 6.98. The molecule has 1 aliphatic heterocycles. The van der Waals surface area contributed by atoms with Gasteiger partial charge < -0.3 is 10.5 Å². The summed E-state index contributed by atoms with van der Waals surface area (Å²) < 4.78 is 5.41. The molecule has 100 valence electrons. The summed E-state index contributed by atoms with van der Waals surface area (Å²) in [7, 11) is 0. The van der Waals surface area contributed by atoms with Crippen LogP contribution in [0.1, 0.15) is 35.1 Å². The lowest BCUT2D eigenvalue weighted by molar-refractivity contribution is 0.0584. The molecule has 0 saturated carbocycles. The van der Waals surface area contributed by atoms with Crippen LogP contribution >= 0.6 is 0 Å². The number of hydrogen-bond donors (Lipinski definition) is 1. The Bertz CT molecular complexity index is 385. The Labute approximate surface area is 111 Å². The Morgan fingerprint density at radius 2 is 1.72 bits per heavy atom. The second-order valence-corrected chi connectivity index (χ2v) is 5.70. The Kier molecular flexibility index (Phi) is 4.41. The van der Waals surface area contributed by atoms with Crippen LogP contribution < -0.4 is 5.73 Å². The first kappa shape index (κ1) is 13.6. The van der Waals surface area contributed by atoms with Crippen molar-refractivity contribution >= 4 is 0 Å². The van der Waals surface area contributed by atoms with Gasteiger partial charge in [-0.1, -0.05) is 17.7 Å². The Balaban J connectivity index is 2.08. The number of aryl methyl sites for hydroxylation is 3. The SMILES string of the molecule is Cc1cc(C)c(CC(N)C2CCOCC2)c(C)c1. The van der Waals surface area contributed by atoms with Gasteiger partial charge in [-0.05, 0) is 62.6 Å². The van der Waals surface area contributed by atoms with Crippen LogP contribution in [0.5, 0.6) is 0 Å². The van der Waals surface area contributed by atoms with Gasteiger partial charge in [0.25, 0.3) is 0 Å². The summed E-state index contributed by atoms with van der Waals surface area (Å²) in [6.45, 7) is 8.31. The highest BCUT2D eigenvalue weighted by Crippen LogP contribution is 2.23. The van der Waals surface area contributed by atoms with Gasteiger partial charge in [-0.25, -0.2) is 0 Å². The number of rotatable bonds is 3. The van der Waals surface area contributed by atoms with E-state index in [2.05, 4.69) is 32.9 Å². The van der Waals surface area contributed by atoms with Crippen molar-refractivity contribution in [3.05, 3.63) is 34.4 Å². The van der Waals surface area contributed by atoms with Crippen LogP contribution in [0.2, 0.25) is 0 Å². The molecule has 1 unspecified atom stereocenters. The van der Waals surface area contributed by atoms with Crippen LogP contribution in [0.15, 0.2) is 12.1 Å². The van der Waals surface area contributed by atoms with Crippen LogP contribution in [0.25, 0.3) is 0 Å². The molecule has 1 aromatic carbocycles. The Hall–Kier alpha value is -0.860. The van der Waals surface area contributed by atoms with Crippen molar-refractivity contribution in [2.75, 3.05) is 13.2 Å². The summed E-state index contributed by atoms with van der Waals surface area (Å²) in [5.74, 6) is 0.624. The van der Waals surface area contributed by atoms with Crippen LogP contribution in [0.3, 0.4) is 0 Å². The molecule has 2 nitrogen and oxygen atoms in total. The highest BCUT2D eigenvalue weighted by molar-refractivity contribution is 5.38. The maximum atomic E-state index is 6.40. The third-order valence-corrected chi connectivity index (χ3v) is 4.15. The first-order chi connectivity index (χ1) is 8.58. The fourth-order valence-corrected chi connectivity index (χ4v) is 3.08. The molecule has 18 heavy (non-hydrogen) atoms. The van der Waals surface area contributed by atoms with Crippen LogP contribution in [0.4, 0.5) is 0 Å². The van der Waals surface area contributed by atoms with E-state index in [0.717, 1.165) is 32.5 Å². The van der Waals surface area contributed by atoms with Crippen molar-refractivity contribution in [2.24, 2.45) is 11.7 Å². The van der Waals surface area contributed by atoms with Crippen molar-refractivity contribution < 1.29 is 4.74 Å². The van der Waals surface area contributed by atoms with Gasteiger partial charge in [0.15, 0.2) is 0 Å². The van der Waals surface area contributed by atoms with Gasteiger partial charge in [-0.3, -0.25) is 0 Å². The van der Waals surface area contributed by atoms with Crippen molar-refractivity contribution in [2.45, 2.75) is 46.1 Å². The monoisotopic (exact) mass is 247 g/mol. The zero-order chi connectivity index (χ0) is 13.1. The minimum atomic E-state index is 0.272. The molecule has 1 atom stereocenters. The lowest BCUT2D eigenvalue weighted by atomic mass is 9.85. The lowest BCUT2D eigenvalue weighted by Crippen LogP contribution is -2.36. The molecule has 1 aromatic rings. The minimum Gasteiger partial charge on any atom is -0.381 e. The first-order valence-corrected chi connectivity index (χ1v) is 6.98. The molecule has 0 spiro atoms. The normalized spacial score (nSPS) is 18.9. The molecule has 0 amide bonds. The molecular weight excluding hydrogens is 222 g/mol. The average Bonchev–Trinajstić information content (AvgIpc) is 2.34. The maximum Gasteiger partial charge on any atom is 0.0469 e. The van der Waals surface area contributed by atoms with Gasteiger partial charge in [0, 0.05) is 19.3 Å². The number of benzene rings is 1. The van der Waals surface area contributed by atoms with E-state index in [9.17, 15) is 0 Å². The third kappa shape index (κ3) is 3.12. The van der Waals surface area contributed by atoms with Gasteiger partial charge in [-0.2, -0.15) is 0 Å². The largest absolute Gasteiger partial charge is 0.381 e. The van der Waals surface area contributed by atoms with Crippen molar-refractivity contribution in [3.8, 4) is 0 Å². The Morgan fingerprint density at radius 3 is 2.28 bits per heavy atom. The van der Waals surface area contributed by atoms with Crippen LogP contribution in [0, 0.1) is 26.7 Å². The molecule has 1 fully saturated rings. The van der Waals surface area contributed by atoms with Gasteiger partial charge >= 0.3 is 0 Å². The number of nitrogens with two attached hydrogens (primary N) is 1. The fraction of sp³-hybridized carbons (Fsp3) is 0.625. The maximum absolute atomic E-state index is 6.40. The fourth-order valence-electron chi connectivity index (χ4n) is 3.08. The molecule has 0 radical (unpaired) electrons. The predicted molar refractivity (Wildman–Crippen MR) is 75.9 cm³/mol. The molecule has 0 bridgehead atoms. The number of hydrogen-bond acceptors (Lipinski definition) is 2. The zero-order valence-corrected chi connectivity index (χ0v) is 11.8. The summed E-state index contributed by atoms with van der Waals surface area (Å²) in [5.41, 5.74) is 12.0. The summed E-state index contributed by atoms with van der Waals surface area (Å²) >= 11 is 0. The Morgan fingerprint density at radius 1 is 1.17 bits per heavy atom. The summed E-state index contributed by atoms with van der Waals surface area (Å²) in [6, 6.07) is 4.80. The average molecular weight is 247 g/mol. The van der Waals surface area contributed by atoms with E-state index in [1.807, 2.05) is 0 Å². The second-order valence-electron chi connectivity index (χ2n) is 5.70. The number of ether oxygens (including phenoxy) is 1. The quantitative estimate of drug-likeness (QED) is 0.891. The highest BCUT2D eigenvalue weighted by Gasteiger charge is 2.22. The predicted octanol–water partition coefficient (Wildman–Crippen LogP) is 2.91. The molecule has 2 rings (SSSR count). The van der Waals surface area contributed by atoms with Crippen LogP contribution in [-0.2, 0) is 11.2 Å².